The minimum absolute atomic E-state index is 0.280. The van der Waals surface area contributed by atoms with Crippen molar-refractivity contribution >= 4 is 47.8 Å². The fourth-order valence-electron chi connectivity index (χ4n) is 1.90. The molecule has 7 heteroatoms. The fraction of sp³-hybridized carbons (Fsp3) is 0.0769. The van der Waals surface area contributed by atoms with Crippen molar-refractivity contribution < 1.29 is 19.7 Å². The zero-order valence-corrected chi connectivity index (χ0v) is 14.5. The van der Waals surface area contributed by atoms with Crippen molar-refractivity contribution in [1.29, 1.82) is 0 Å². The molecular weight excluding hydrogens is 460 g/mol. The number of ether oxygens (including phenoxy) is 2. The molecule has 2 aromatic carbocycles. The van der Waals surface area contributed by atoms with Gasteiger partial charge in [-0.3, -0.25) is 0 Å². The van der Waals surface area contributed by atoms with Crippen LogP contribution in [0, 0.1) is 0 Å². The number of hydrogen-bond acceptors (Lipinski definition) is 4. The van der Waals surface area contributed by atoms with Crippen molar-refractivity contribution in [2.24, 2.45) is 0 Å². The van der Waals surface area contributed by atoms with Crippen LogP contribution in [0.4, 0.5) is 0 Å². The number of benzene rings is 2. The molecular formula is C13H7Br3O4. The van der Waals surface area contributed by atoms with Crippen LogP contribution in [0.3, 0.4) is 0 Å². The average Bonchev–Trinajstić information content (AvgIpc) is 2.36. The Balaban J connectivity index is 2.24. The summed E-state index contributed by atoms with van der Waals surface area (Å²) in [6, 6.07) is 8.45. The Bertz CT molecular complexity index is 695. The van der Waals surface area contributed by atoms with E-state index in [1.54, 1.807) is 12.1 Å². The molecule has 0 saturated carbocycles. The average molecular weight is 467 g/mol. The van der Waals surface area contributed by atoms with Gasteiger partial charge in [0.15, 0.2) is 36.6 Å². The van der Waals surface area contributed by atoms with Gasteiger partial charge in [0.25, 0.3) is 0 Å². The van der Waals surface area contributed by atoms with E-state index in [4.69, 9.17) is 9.47 Å². The summed E-state index contributed by atoms with van der Waals surface area (Å²) in [5.74, 6) is 1.09. The Labute approximate surface area is 139 Å². The van der Waals surface area contributed by atoms with Gasteiger partial charge in [0, 0.05) is 6.07 Å². The first-order chi connectivity index (χ1) is 9.38. The van der Waals surface area contributed by atoms with E-state index in [0.717, 1.165) is 0 Å². The molecule has 1 aliphatic heterocycles. The molecule has 3 rings (SSSR count). The molecule has 4 nitrogen and oxygen atoms in total. The summed E-state index contributed by atoms with van der Waals surface area (Å²) in [5, 5.41) is 19.9. The maximum atomic E-state index is 10.1. The topological polar surface area (TPSA) is 58.9 Å². The van der Waals surface area contributed by atoms with Crippen molar-refractivity contribution in [2.45, 2.75) is 2.14 Å². The number of hydrogen-bond donors (Lipinski definition) is 2. The normalized spacial score (nSPS) is 12.9. The lowest BCUT2D eigenvalue weighted by Gasteiger charge is -2.26. The second-order valence-corrected chi connectivity index (χ2v) is 10.9. The maximum absolute atomic E-state index is 10.1. The first-order valence-electron chi connectivity index (χ1n) is 5.49. The molecule has 0 aliphatic carbocycles. The molecule has 2 aromatic rings. The SMILES string of the molecule is Oc1cc2c(c(C(Br)(Br)Br)c1O)Oc1ccccc1O2. The maximum Gasteiger partial charge on any atom is 0.180 e. The molecule has 0 amide bonds. The quantitative estimate of drug-likeness (QED) is 0.349. The number of phenols is 2. The lowest BCUT2D eigenvalue weighted by molar-refractivity contribution is 0.342. The van der Waals surface area contributed by atoms with Gasteiger partial charge in [-0.15, -0.1) is 0 Å². The first kappa shape index (κ1) is 14.0. The van der Waals surface area contributed by atoms with Crippen LogP contribution in [0.1, 0.15) is 5.56 Å². The van der Waals surface area contributed by atoms with Crippen LogP contribution in [0.25, 0.3) is 0 Å². The molecule has 0 aromatic heterocycles. The highest BCUT2D eigenvalue weighted by Gasteiger charge is 2.36. The van der Waals surface area contributed by atoms with Gasteiger partial charge in [-0.1, -0.05) is 59.9 Å². The van der Waals surface area contributed by atoms with Crippen LogP contribution >= 0.6 is 47.8 Å². The number of alkyl halides is 3. The molecule has 0 bridgehead atoms. The molecule has 0 unspecified atom stereocenters. The van der Waals surface area contributed by atoms with Crippen LogP contribution in [0.5, 0.6) is 34.5 Å². The predicted octanol–water partition coefficient (Wildman–Crippen LogP) is 5.29. The molecule has 1 heterocycles. The Morgan fingerprint density at radius 3 is 2.10 bits per heavy atom. The van der Waals surface area contributed by atoms with Gasteiger partial charge in [-0.05, 0) is 12.1 Å². The zero-order valence-electron chi connectivity index (χ0n) is 9.73. The van der Waals surface area contributed by atoms with Gasteiger partial charge in [-0.2, -0.15) is 0 Å². The van der Waals surface area contributed by atoms with Gasteiger partial charge in [0.2, 0.25) is 0 Å². The monoisotopic (exact) mass is 464 g/mol. The molecule has 0 saturated heterocycles. The number of halogens is 3. The summed E-state index contributed by atoms with van der Waals surface area (Å²) < 4.78 is 10.5. The van der Waals surface area contributed by atoms with Gasteiger partial charge in [0.1, 0.15) is 0 Å². The van der Waals surface area contributed by atoms with E-state index in [9.17, 15) is 10.2 Å². The molecule has 0 atom stereocenters. The molecule has 0 spiro atoms. The smallest absolute Gasteiger partial charge is 0.180 e. The standard InChI is InChI=1S/C13H7Br3O4/c14-13(15,16)10-11(18)6(17)5-9-12(10)20-8-4-2-1-3-7(8)19-9/h1-5,17-18H. The van der Waals surface area contributed by atoms with E-state index in [2.05, 4.69) is 47.8 Å². The fourth-order valence-corrected chi connectivity index (χ4v) is 3.01. The highest BCUT2D eigenvalue weighted by Crippen LogP contribution is 2.60. The number of aromatic hydroxyl groups is 2. The summed E-state index contributed by atoms with van der Waals surface area (Å²) in [6.07, 6.45) is 0. The largest absolute Gasteiger partial charge is 0.504 e. The van der Waals surface area contributed by atoms with E-state index in [0.29, 0.717) is 23.0 Å². The number of para-hydroxylation sites is 2. The highest BCUT2D eigenvalue weighted by molar-refractivity contribution is 9.38. The number of rotatable bonds is 0. The third-order valence-electron chi connectivity index (χ3n) is 2.76. The number of phenolic OH excluding ortho intramolecular Hbond substituents is 2. The zero-order chi connectivity index (χ0) is 14.5. The van der Waals surface area contributed by atoms with Crippen molar-refractivity contribution in [3.8, 4) is 34.5 Å². The van der Waals surface area contributed by atoms with Gasteiger partial charge < -0.3 is 19.7 Å². The summed E-state index contributed by atoms with van der Waals surface area (Å²) in [7, 11) is 0. The lowest BCUT2D eigenvalue weighted by Crippen LogP contribution is -2.07. The molecule has 0 radical (unpaired) electrons. The van der Waals surface area contributed by atoms with Crippen LogP contribution < -0.4 is 9.47 Å². The predicted molar refractivity (Wildman–Crippen MR) is 84.8 cm³/mol. The van der Waals surface area contributed by atoms with Gasteiger partial charge in [0.05, 0.1) is 5.56 Å². The second-order valence-electron chi connectivity index (χ2n) is 4.10. The molecule has 2 N–H and O–H groups in total. The summed E-state index contributed by atoms with van der Waals surface area (Å²) in [4.78, 5) is 0. The van der Waals surface area contributed by atoms with E-state index < -0.39 is 2.14 Å². The van der Waals surface area contributed by atoms with E-state index >= 15 is 0 Å². The molecule has 1 aliphatic rings. The summed E-state index contributed by atoms with van der Waals surface area (Å²) in [6.45, 7) is 0. The molecule has 104 valence electrons. The third-order valence-corrected chi connectivity index (χ3v) is 3.95. The van der Waals surface area contributed by atoms with E-state index in [-0.39, 0.29) is 17.1 Å². The minimum atomic E-state index is -0.963. The van der Waals surface area contributed by atoms with Crippen LogP contribution in [-0.4, -0.2) is 10.2 Å². The van der Waals surface area contributed by atoms with Crippen LogP contribution in [-0.2, 0) is 2.14 Å². The Morgan fingerprint density at radius 2 is 1.50 bits per heavy atom. The van der Waals surface area contributed by atoms with Crippen molar-refractivity contribution in [1.82, 2.24) is 0 Å². The number of fused-ring (bicyclic) bond motifs is 2. The van der Waals surface area contributed by atoms with Crippen LogP contribution in [0.2, 0.25) is 0 Å². The van der Waals surface area contributed by atoms with Crippen molar-refractivity contribution in [3.63, 3.8) is 0 Å². The van der Waals surface area contributed by atoms with E-state index in [1.165, 1.54) is 6.07 Å². The minimum Gasteiger partial charge on any atom is -0.504 e. The first-order valence-corrected chi connectivity index (χ1v) is 7.86. The Morgan fingerprint density at radius 1 is 0.900 bits per heavy atom. The second kappa shape index (κ2) is 4.82. The summed E-state index contributed by atoms with van der Waals surface area (Å²) in [5.41, 5.74) is 0.280. The highest BCUT2D eigenvalue weighted by atomic mass is 80.0. The van der Waals surface area contributed by atoms with Crippen LogP contribution in [0.15, 0.2) is 30.3 Å². The van der Waals surface area contributed by atoms with Crippen molar-refractivity contribution in [2.75, 3.05) is 0 Å². The van der Waals surface area contributed by atoms with Crippen molar-refractivity contribution in [3.05, 3.63) is 35.9 Å². The summed E-state index contributed by atoms with van der Waals surface area (Å²) >= 11 is 9.95. The third kappa shape index (κ3) is 2.27. The Kier molecular flexibility index (Phi) is 3.38. The Hall–Kier alpha value is -0.920. The van der Waals surface area contributed by atoms with Gasteiger partial charge in [-0.25, -0.2) is 0 Å². The van der Waals surface area contributed by atoms with Gasteiger partial charge >= 0.3 is 0 Å². The lowest BCUT2D eigenvalue weighted by atomic mass is 10.1. The molecule has 20 heavy (non-hydrogen) atoms. The molecule has 0 fully saturated rings. The van der Waals surface area contributed by atoms with E-state index in [1.807, 2.05) is 12.1 Å².